The van der Waals surface area contributed by atoms with Crippen LogP contribution < -0.4 is 0 Å². The van der Waals surface area contributed by atoms with E-state index in [0.717, 1.165) is 0 Å². The molecule has 0 aliphatic rings. The summed E-state index contributed by atoms with van der Waals surface area (Å²) >= 11 is 0. The molecule has 0 radical (unpaired) electrons. The minimum atomic E-state index is 0.500. The summed E-state index contributed by atoms with van der Waals surface area (Å²) in [7, 11) is 0. The Hall–Kier alpha value is 0. The largest absolute Gasteiger partial charge is 0.0656 e. The van der Waals surface area contributed by atoms with Gasteiger partial charge in [-0.1, -0.05) is 75.7 Å². The molecule has 0 fully saturated rings. The molecule has 0 nitrogen and oxygen atoms in total. The van der Waals surface area contributed by atoms with Crippen LogP contribution in [0.15, 0.2) is 0 Å². The average Bonchev–Trinajstić information content (AvgIpc) is 1.52. The zero-order valence-corrected chi connectivity index (χ0v) is 11.7. The first-order valence-electron chi connectivity index (χ1n) is 5.41. The van der Waals surface area contributed by atoms with Crippen LogP contribution in [0.2, 0.25) is 0 Å². The number of rotatable bonds is 0. The molecule has 0 spiro atoms. The van der Waals surface area contributed by atoms with Crippen LogP contribution in [-0.4, -0.2) is 0 Å². The third kappa shape index (κ3) is 0. The molecular weight excluding hydrogens is 156 g/mol. The zero-order chi connectivity index (χ0) is 11.7. The van der Waals surface area contributed by atoms with Crippen LogP contribution in [0.4, 0.5) is 0 Å². The Labute approximate surface area is 87.1 Å². The van der Waals surface area contributed by atoms with E-state index in [-0.39, 0.29) is 0 Å². The van der Waals surface area contributed by atoms with E-state index in [1.54, 1.807) is 0 Å². The van der Waals surface area contributed by atoms with Crippen molar-refractivity contribution in [2.45, 2.75) is 75.7 Å². The summed E-state index contributed by atoms with van der Waals surface area (Å²) in [6.07, 6.45) is 1.25. The smallest absolute Gasteiger partial charge is 0.0411 e. The predicted molar refractivity (Wildman–Crippen MR) is 66.2 cm³/mol. The van der Waals surface area contributed by atoms with Gasteiger partial charge >= 0.3 is 0 Å². The van der Waals surface area contributed by atoms with Gasteiger partial charge in [-0.3, -0.25) is 0 Å². The maximum Gasteiger partial charge on any atom is -0.0411 e. The highest BCUT2D eigenvalue weighted by Gasteiger charge is 1.96. The first kappa shape index (κ1) is 18.7. The van der Waals surface area contributed by atoms with Crippen LogP contribution in [0.1, 0.15) is 75.7 Å². The van der Waals surface area contributed by atoms with E-state index in [1.807, 2.05) is 0 Å². The fourth-order valence-electron chi connectivity index (χ4n) is 0. The molecule has 0 unspecified atom stereocenters. The van der Waals surface area contributed by atoms with Gasteiger partial charge in [0.05, 0.1) is 0 Å². The highest BCUT2D eigenvalue weighted by molar-refractivity contribution is 4.47. The van der Waals surface area contributed by atoms with Crippen molar-refractivity contribution in [3.05, 3.63) is 0 Å². The topological polar surface area (TPSA) is 0 Å². The Morgan fingerprint density at radius 2 is 0.538 bits per heavy atom. The van der Waals surface area contributed by atoms with Gasteiger partial charge in [-0.25, -0.2) is 0 Å². The van der Waals surface area contributed by atoms with E-state index in [0.29, 0.717) is 10.8 Å². The summed E-state index contributed by atoms with van der Waals surface area (Å²) in [5, 5.41) is 0. The van der Waals surface area contributed by atoms with E-state index < -0.39 is 0 Å². The highest BCUT2D eigenvalue weighted by Crippen LogP contribution is 2.08. The summed E-state index contributed by atoms with van der Waals surface area (Å²) in [5.74, 6) is 0. The fourth-order valence-corrected chi connectivity index (χ4v) is 0. The quantitative estimate of drug-likeness (QED) is 0.469. The molecule has 84 valence electrons. The van der Waals surface area contributed by atoms with Crippen LogP contribution in [0.5, 0.6) is 0 Å². The summed E-state index contributed by atoms with van der Waals surface area (Å²) in [6.45, 7) is 21.8. The Kier molecular flexibility index (Phi) is 12.4. The van der Waals surface area contributed by atoms with Crippen molar-refractivity contribution in [3.63, 3.8) is 0 Å². The Morgan fingerprint density at radius 3 is 0.538 bits per heavy atom. The predicted octanol–water partition coefficient (Wildman–Crippen LogP) is 5.52. The van der Waals surface area contributed by atoms with Crippen LogP contribution in [-0.2, 0) is 0 Å². The second-order valence-corrected chi connectivity index (χ2v) is 6.71. The molecule has 0 amide bonds. The monoisotopic (exact) mass is 188 g/mol. The lowest BCUT2D eigenvalue weighted by Crippen LogP contribution is -1.93. The number of hydrogen-bond acceptors (Lipinski definition) is 0. The Morgan fingerprint density at radius 1 is 0.538 bits per heavy atom. The van der Waals surface area contributed by atoms with Gasteiger partial charge in [-0.2, -0.15) is 0 Å². The van der Waals surface area contributed by atoms with Crippen LogP contribution >= 0.6 is 0 Å². The van der Waals surface area contributed by atoms with Gasteiger partial charge in [0.15, 0.2) is 0 Å². The van der Waals surface area contributed by atoms with Crippen molar-refractivity contribution in [1.29, 1.82) is 0 Å². The van der Waals surface area contributed by atoms with Crippen molar-refractivity contribution in [2.24, 2.45) is 10.8 Å². The van der Waals surface area contributed by atoms with E-state index in [1.165, 1.54) is 6.42 Å². The van der Waals surface area contributed by atoms with Crippen LogP contribution in [0, 0.1) is 10.8 Å². The van der Waals surface area contributed by atoms with Gasteiger partial charge in [0.2, 0.25) is 0 Å². The van der Waals surface area contributed by atoms with E-state index in [9.17, 15) is 0 Å². The Balaban J connectivity index is -0.000000120. The third-order valence-electron chi connectivity index (χ3n) is 0. The molecule has 0 N–H and O–H groups in total. The summed E-state index contributed by atoms with van der Waals surface area (Å²) in [4.78, 5) is 0. The van der Waals surface area contributed by atoms with Gasteiger partial charge in [0, 0.05) is 0 Å². The van der Waals surface area contributed by atoms with Crippen molar-refractivity contribution in [1.82, 2.24) is 0 Å². The van der Waals surface area contributed by atoms with E-state index >= 15 is 0 Å². The molecule has 0 aliphatic heterocycles. The van der Waals surface area contributed by atoms with Crippen molar-refractivity contribution < 1.29 is 0 Å². The fraction of sp³-hybridized carbons (Fsp3) is 1.00. The second-order valence-electron chi connectivity index (χ2n) is 6.71. The average molecular weight is 188 g/mol. The first-order chi connectivity index (χ1) is 5.41. The molecule has 0 aromatic rings. The van der Waals surface area contributed by atoms with Crippen molar-refractivity contribution >= 4 is 0 Å². The Bertz CT molecular complexity index is 53.2. The molecule has 0 heteroatoms. The van der Waals surface area contributed by atoms with E-state index in [2.05, 4.69) is 69.2 Å². The maximum atomic E-state index is 2.19. The molecule has 0 saturated carbocycles. The van der Waals surface area contributed by atoms with Gasteiger partial charge in [0.1, 0.15) is 0 Å². The molecule has 0 aromatic carbocycles. The molecular formula is C13H32. The molecule has 0 aliphatic carbocycles. The maximum absolute atomic E-state index is 2.19. The van der Waals surface area contributed by atoms with Gasteiger partial charge in [-0.05, 0) is 10.8 Å². The summed E-state index contributed by atoms with van der Waals surface area (Å²) in [6, 6.07) is 0. The highest BCUT2D eigenvalue weighted by atomic mass is 14.0. The molecule has 0 heterocycles. The first-order valence-corrected chi connectivity index (χ1v) is 5.41. The minimum Gasteiger partial charge on any atom is -0.0656 e. The molecule has 0 atom stereocenters. The minimum absolute atomic E-state index is 0.500. The van der Waals surface area contributed by atoms with Gasteiger partial charge in [0.25, 0.3) is 0 Å². The van der Waals surface area contributed by atoms with Crippen molar-refractivity contribution in [3.8, 4) is 0 Å². The van der Waals surface area contributed by atoms with Crippen LogP contribution in [0.3, 0.4) is 0 Å². The standard InChI is InChI=1S/2C5H12.C3H8/c2*1-5(2,3)4;1-3-2/h2*1-4H3;3H2,1-2H3. The SMILES string of the molecule is CC(C)(C)C.CC(C)(C)C.CCC. The molecule has 13 heavy (non-hydrogen) atoms. The second kappa shape index (κ2) is 8.59. The third-order valence-corrected chi connectivity index (χ3v) is 0. The molecule has 0 bridgehead atoms. The molecule has 0 rings (SSSR count). The van der Waals surface area contributed by atoms with Crippen molar-refractivity contribution in [2.75, 3.05) is 0 Å². The summed E-state index contributed by atoms with van der Waals surface area (Å²) < 4.78 is 0. The lowest BCUT2D eigenvalue weighted by Gasteiger charge is -2.05. The van der Waals surface area contributed by atoms with E-state index in [4.69, 9.17) is 0 Å². The van der Waals surface area contributed by atoms with Gasteiger partial charge < -0.3 is 0 Å². The van der Waals surface area contributed by atoms with Gasteiger partial charge in [-0.15, -0.1) is 0 Å². The van der Waals surface area contributed by atoms with Crippen LogP contribution in [0.25, 0.3) is 0 Å². The molecule has 0 aromatic heterocycles. The lowest BCUT2D eigenvalue weighted by molar-refractivity contribution is 0.469. The summed E-state index contributed by atoms with van der Waals surface area (Å²) in [5.41, 5.74) is 1.00. The number of hydrogen-bond donors (Lipinski definition) is 0. The molecule has 0 saturated heterocycles. The zero-order valence-electron chi connectivity index (χ0n) is 11.7. The normalized spacial score (nSPS) is 10.6. The lowest BCUT2D eigenvalue weighted by atomic mass is 10.0.